The average molecular weight is 655 g/mol. The molecule has 2 heterocycles. The lowest BCUT2D eigenvalue weighted by Crippen LogP contribution is -2.30. The van der Waals surface area contributed by atoms with Crippen LogP contribution >= 0.6 is 0 Å². The third-order valence-corrected chi connectivity index (χ3v) is 10.3. The van der Waals surface area contributed by atoms with Crippen LogP contribution in [0.5, 0.6) is 0 Å². The van der Waals surface area contributed by atoms with E-state index in [1.54, 1.807) is 0 Å². The van der Waals surface area contributed by atoms with E-state index in [4.69, 9.17) is 4.42 Å². The number of hydrogen-bond donors (Lipinski definition) is 0. The molecule has 7 aromatic carbocycles. The highest BCUT2D eigenvalue weighted by molar-refractivity contribution is 6.10. The molecule has 1 aliphatic rings. The minimum absolute atomic E-state index is 0.107. The summed E-state index contributed by atoms with van der Waals surface area (Å²) < 4.78 is 8.65. The number of fused-ring (bicyclic) bond motifs is 6. The molecular formula is C48H34N2O. The highest BCUT2D eigenvalue weighted by Gasteiger charge is 2.23. The number of furan rings is 1. The van der Waals surface area contributed by atoms with Gasteiger partial charge in [0, 0.05) is 38.5 Å². The molecule has 10 rings (SSSR count). The van der Waals surface area contributed by atoms with Crippen LogP contribution in [0.25, 0.3) is 66.1 Å². The van der Waals surface area contributed by atoms with E-state index in [0.29, 0.717) is 0 Å². The number of rotatable bonds is 6. The molecule has 2 aromatic heterocycles. The third-order valence-electron chi connectivity index (χ3n) is 10.3. The van der Waals surface area contributed by atoms with Gasteiger partial charge in [-0.1, -0.05) is 133 Å². The molecule has 0 aliphatic heterocycles. The van der Waals surface area contributed by atoms with E-state index in [0.717, 1.165) is 39.7 Å². The lowest BCUT2D eigenvalue weighted by atomic mass is 9.94. The smallest absolute Gasteiger partial charge is 0.135 e. The van der Waals surface area contributed by atoms with Crippen molar-refractivity contribution in [2.24, 2.45) is 0 Å². The Balaban J connectivity index is 1.07. The maximum atomic E-state index is 6.23. The van der Waals surface area contributed by atoms with Crippen LogP contribution in [0.4, 0.5) is 11.4 Å². The first-order valence-electron chi connectivity index (χ1n) is 17.6. The maximum Gasteiger partial charge on any atom is 0.135 e. The Morgan fingerprint density at radius 1 is 0.510 bits per heavy atom. The molecule has 3 nitrogen and oxygen atoms in total. The van der Waals surface area contributed by atoms with Gasteiger partial charge in [-0.2, -0.15) is 0 Å². The summed E-state index contributed by atoms with van der Waals surface area (Å²) in [5.74, 6) is 0. The van der Waals surface area contributed by atoms with E-state index >= 15 is 0 Å². The van der Waals surface area contributed by atoms with Crippen LogP contribution in [0.2, 0.25) is 0 Å². The van der Waals surface area contributed by atoms with Crippen molar-refractivity contribution in [3.05, 3.63) is 194 Å². The van der Waals surface area contributed by atoms with E-state index in [-0.39, 0.29) is 6.04 Å². The number of para-hydroxylation sites is 4. The fourth-order valence-corrected chi connectivity index (χ4v) is 7.96. The topological polar surface area (TPSA) is 21.3 Å². The molecule has 0 radical (unpaired) electrons. The van der Waals surface area contributed by atoms with Crippen molar-refractivity contribution in [2.75, 3.05) is 4.90 Å². The molecule has 0 amide bonds. The van der Waals surface area contributed by atoms with Crippen LogP contribution in [0, 0.1) is 0 Å². The average Bonchev–Trinajstić information content (AvgIpc) is 3.74. The van der Waals surface area contributed by atoms with Crippen molar-refractivity contribution in [3.8, 4) is 16.8 Å². The van der Waals surface area contributed by atoms with Gasteiger partial charge in [0.1, 0.15) is 11.2 Å². The molecule has 3 heteroatoms. The Morgan fingerprint density at radius 2 is 1.16 bits per heavy atom. The maximum absolute atomic E-state index is 6.23. The Bertz CT molecular complexity index is 2750. The molecule has 51 heavy (non-hydrogen) atoms. The van der Waals surface area contributed by atoms with Gasteiger partial charge in [0.05, 0.1) is 22.8 Å². The second kappa shape index (κ2) is 12.1. The molecule has 0 fully saturated rings. The predicted octanol–water partition coefficient (Wildman–Crippen LogP) is 12.9. The van der Waals surface area contributed by atoms with Crippen LogP contribution in [0.1, 0.15) is 12.0 Å². The number of anilines is 2. The summed E-state index contributed by atoms with van der Waals surface area (Å²) in [5, 5.41) is 4.80. The molecule has 9 aromatic rings. The highest BCUT2D eigenvalue weighted by Crippen LogP contribution is 2.40. The summed E-state index contributed by atoms with van der Waals surface area (Å²) in [6.07, 6.45) is 7.97. The zero-order valence-electron chi connectivity index (χ0n) is 28.0. The summed E-state index contributed by atoms with van der Waals surface area (Å²) in [5.41, 5.74) is 12.6. The quantitative estimate of drug-likeness (QED) is 0.178. The molecular weight excluding hydrogens is 621 g/mol. The standard InChI is InChI=1S/C48H34N2O/c1-2-13-33(14-3-1)35-15-12-16-37(31-35)49(38-29-30-48-43(32-38)42-20-7-11-24-47(42)51-48)36-27-25-34(26-28-36)39-17-4-8-21-44(39)50-45-22-9-5-18-40(45)41-19-6-10-23-46(41)50/h1-27,29-32,36H,28H2. The summed E-state index contributed by atoms with van der Waals surface area (Å²) in [6, 6.07) is 60.8. The van der Waals surface area contributed by atoms with Crippen LogP contribution in [-0.2, 0) is 0 Å². The molecule has 1 aliphatic carbocycles. The lowest BCUT2D eigenvalue weighted by molar-refractivity contribution is 0.669. The largest absolute Gasteiger partial charge is 0.456 e. The lowest BCUT2D eigenvalue weighted by Gasteiger charge is -2.34. The second-order valence-electron chi connectivity index (χ2n) is 13.3. The zero-order valence-corrected chi connectivity index (χ0v) is 28.0. The normalized spacial score (nSPS) is 14.4. The monoisotopic (exact) mass is 654 g/mol. The fourth-order valence-electron chi connectivity index (χ4n) is 7.96. The number of aromatic nitrogens is 1. The van der Waals surface area contributed by atoms with E-state index in [2.05, 4.69) is 185 Å². The molecule has 0 saturated heterocycles. The van der Waals surface area contributed by atoms with Crippen LogP contribution in [0.15, 0.2) is 193 Å². The van der Waals surface area contributed by atoms with Crippen LogP contribution in [0.3, 0.4) is 0 Å². The van der Waals surface area contributed by atoms with Crippen molar-refractivity contribution < 1.29 is 4.42 Å². The molecule has 0 bridgehead atoms. The SMILES string of the molecule is C1=CC(N(c2cccc(-c3ccccc3)c2)c2ccc3oc4ccccc4c3c2)CC=C1c1ccccc1-n1c2ccccc2c2ccccc21. The van der Waals surface area contributed by atoms with E-state index in [9.17, 15) is 0 Å². The van der Waals surface area contributed by atoms with Gasteiger partial charge in [0.2, 0.25) is 0 Å². The highest BCUT2D eigenvalue weighted by atomic mass is 16.3. The van der Waals surface area contributed by atoms with E-state index < -0.39 is 0 Å². The van der Waals surface area contributed by atoms with Crippen LogP contribution < -0.4 is 4.90 Å². The Morgan fingerprint density at radius 3 is 1.94 bits per heavy atom. The van der Waals surface area contributed by atoms with Gasteiger partial charge in [-0.3, -0.25) is 0 Å². The number of allylic oxidation sites excluding steroid dienone is 2. The van der Waals surface area contributed by atoms with Crippen LogP contribution in [-0.4, -0.2) is 10.6 Å². The molecule has 0 saturated carbocycles. The minimum atomic E-state index is 0.107. The molecule has 1 unspecified atom stereocenters. The van der Waals surface area contributed by atoms with E-state index in [1.807, 2.05) is 12.1 Å². The van der Waals surface area contributed by atoms with Gasteiger partial charge < -0.3 is 13.9 Å². The van der Waals surface area contributed by atoms with Crippen molar-refractivity contribution in [3.63, 3.8) is 0 Å². The van der Waals surface area contributed by atoms with Crippen molar-refractivity contribution in [2.45, 2.75) is 12.5 Å². The number of benzene rings is 7. The molecule has 242 valence electrons. The van der Waals surface area contributed by atoms with Crippen molar-refractivity contribution in [1.29, 1.82) is 0 Å². The third kappa shape index (κ3) is 4.97. The predicted molar refractivity (Wildman–Crippen MR) is 214 cm³/mol. The number of nitrogens with zero attached hydrogens (tertiary/aromatic N) is 2. The Hall–Kier alpha value is -6.58. The van der Waals surface area contributed by atoms with Crippen molar-refractivity contribution >= 4 is 60.7 Å². The van der Waals surface area contributed by atoms with Gasteiger partial charge in [0.25, 0.3) is 0 Å². The van der Waals surface area contributed by atoms with E-state index in [1.165, 1.54) is 49.8 Å². The summed E-state index contributed by atoms with van der Waals surface area (Å²) in [6.45, 7) is 0. The Kier molecular flexibility index (Phi) is 6.95. The zero-order chi connectivity index (χ0) is 33.7. The summed E-state index contributed by atoms with van der Waals surface area (Å²) >= 11 is 0. The first-order valence-corrected chi connectivity index (χ1v) is 17.6. The van der Waals surface area contributed by atoms with Gasteiger partial charge in [0.15, 0.2) is 0 Å². The number of hydrogen-bond acceptors (Lipinski definition) is 2. The molecule has 0 N–H and O–H groups in total. The summed E-state index contributed by atoms with van der Waals surface area (Å²) in [4.78, 5) is 2.48. The van der Waals surface area contributed by atoms with Gasteiger partial charge >= 0.3 is 0 Å². The first-order chi connectivity index (χ1) is 25.3. The van der Waals surface area contributed by atoms with Gasteiger partial charge in [-0.25, -0.2) is 0 Å². The van der Waals surface area contributed by atoms with Gasteiger partial charge in [-0.05, 0) is 77.7 Å². The summed E-state index contributed by atoms with van der Waals surface area (Å²) in [7, 11) is 0. The molecule has 0 spiro atoms. The first kappa shape index (κ1) is 29.3. The fraction of sp³-hybridized carbons (Fsp3) is 0.0417. The molecule has 1 atom stereocenters. The van der Waals surface area contributed by atoms with Crippen molar-refractivity contribution in [1.82, 2.24) is 4.57 Å². The van der Waals surface area contributed by atoms with Gasteiger partial charge in [-0.15, -0.1) is 0 Å². The second-order valence-corrected chi connectivity index (χ2v) is 13.3. The Labute approximate surface area is 296 Å². The minimum Gasteiger partial charge on any atom is -0.456 e.